The number of rotatable bonds is 3. The van der Waals surface area contributed by atoms with Gasteiger partial charge in [0.15, 0.2) is 5.82 Å². The van der Waals surface area contributed by atoms with Crippen LogP contribution in [0.3, 0.4) is 0 Å². The van der Waals surface area contributed by atoms with Crippen LogP contribution in [0.1, 0.15) is 19.3 Å². The third kappa shape index (κ3) is 2.91. The van der Waals surface area contributed by atoms with Gasteiger partial charge in [-0.2, -0.15) is 5.26 Å². The van der Waals surface area contributed by atoms with E-state index in [0.29, 0.717) is 12.8 Å². The molecule has 2 rings (SSSR count). The van der Waals surface area contributed by atoms with E-state index in [0.717, 1.165) is 18.6 Å². The van der Waals surface area contributed by atoms with E-state index in [1.54, 1.807) is 0 Å². The lowest BCUT2D eigenvalue weighted by Crippen LogP contribution is -2.37. The van der Waals surface area contributed by atoms with E-state index >= 15 is 0 Å². The van der Waals surface area contributed by atoms with Crippen LogP contribution in [0, 0.1) is 23.1 Å². The van der Waals surface area contributed by atoms with Gasteiger partial charge in [0, 0.05) is 6.04 Å². The molecule has 1 fully saturated rings. The maximum atomic E-state index is 13.6. The predicted molar refractivity (Wildman–Crippen MR) is 73.5 cm³/mol. The molecule has 1 aliphatic rings. The summed E-state index contributed by atoms with van der Waals surface area (Å²) in [6.45, 7) is 0. The number of benzene rings is 1. The number of nitriles is 1. The standard InChI is InChI=1S/C12H11Cl2FN2O2S/c13-8-4-5-10(11(14)12(8)15)20(18,19)17-9-3-1-2-7(9)6-16/h4-5,7,9,17H,1-3H2. The van der Waals surface area contributed by atoms with Crippen LogP contribution in [0.5, 0.6) is 0 Å². The lowest BCUT2D eigenvalue weighted by molar-refractivity contribution is 0.514. The first kappa shape index (κ1) is 15.5. The molecule has 2 unspecified atom stereocenters. The highest BCUT2D eigenvalue weighted by Gasteiger charge is 2.32. The molecular formula is C12H11Cl2FN2O2S. The number of sulfonamides is 1. The van der Waals surface area contributed by atoms with Crippen molar-refractivity contribution in [2.45, 2.75) is 30.2 Å². The summed E-state index contributed by atoms with van der Waals surface area (Å²) < 4.78 is 40.4. The van der Waals surface area contributed by atoms with Crippen LogP contribution in [0.2, 0.25) is 10.0 Å². The summed E-state index contributed by atoms with van der Waals surface area (Å²) in [6.07, 6.45) is 1.99. The molecule has 0 aromatic heterocycles. The number of nitrogens with one attached hydrogen (secondary N) is 1. The highest BCUT2D eigenvalue weighted by Crippen LogP contribution is 2.31. The normalized spacial score (nSPS) is 22.7. The van der Waals surface area contributed by atoms with Crippen LogP contribution in [-0.4, -0.2) is 14.5 Å². The number of hydrogen-bond acceptors (Lipinski definition) is 3. The first-order valence-corrected chi connectivity index (χ1v) is 8.16. The van der Waals surface area contributed by atoms with E-state index in [2.05, 4.69) is 10.8 Å². The Morgan fingerprint density at radius 1 is 1.35 bits per heavy atom. The molecule has 0 amide bonds. The van der Waals surface area contributed by atoms with Crippen molar-refractivity contribution in [3.63, 3.8) is 0 Å². The van der Waals surface area contributed by atoms with Crippen molar-refractivity contribution in [1.29, 1.82) is 5.26 Å². The zero-order valence-electron chi connectivity index (χ0n) is 10.2. The first-order valence-electron chi connectivity index (χ1n) is 5.92. The summed E-state index contributed by atoms with van der Waals surface area (Å²) >= 11 is 11.2. The third-order valence-corrected chi connectivity index (χ3v) is 5.58. The molecule has 20 heavy (non-hydrogen) atoms. The molecular weight excluding hydrogens is 326 g/mol. The van der Waals surface area contributed by atoms with E-state index in [9.17, 15) is 12.8 Å². The molecule has 4 nitrogen and oxygen atoms in total. The number of halogens is 3. The highest BCUT2D eigenvalue weighted by molar-refractivity contribution is 7.89. The van der Waals surface area contributed by atoms with Crippen LogP contribution < -0.4 is 4.72 Å². The minimum absolute atomic E-state index is 0.246. The molecule has 0 radical (unpaired) electrons. The summed E-state index contributed by atoms with van der Waals surface area (Å²) in [5.74, 6) is -1.35. The zero-order chi connectivity index (χ0) is 14.9. The van der Waals surface area contributed by atoms with E-state index in [1.807, 2.05) is 0 Å². The number of hydrogen-bond donors (Lipinski definition) is 1. The SMILES string of the molecule is N#CC1CCCC1NS(=O)(=O)c1ccc(Cl)c(F)c1Cl. The summed E-state index contributed by atoms with van der Waals surface area (Å²) in [6, 6.07) is 3.87. The van der Waals surface area contributed by atoms with E-state index in [4.69, 9.17) is 28.5 Å². The molecule has 1 N–H and O–H groups in total. The summed E-state index contributed by atoms with van der Waals surface area (Å²) in [4.78, 5) is -0.371. The van der Waals surface area contributed by atoms with Crippen molar-refractivity contribution in [3.05, 3.63) is 28.0 Å². The van der Waals surface area contributed by atoms with Gasteiger partial charge in [-0.05, 0) is 25.0 Å². The Bertz CT molecular complexity index is 673. The second kappa shape index (κ2) is 5.86. The van der Waals surface area contributed by atoms with Crippen molar-refractivity contribution < 1.29 is 12.8 Å². The Kier molecular flexibility index (Phi) is 4.55. The van der Waals surface area contributed by atoms with Gasteiger partial charge in [0.2, 0.25) is 10.0 Å². The molecule has 1 saturated carbocycles. The number of nitrogens with zero attached hydrogens (tertiary/aromatic N) is 1. The molecule has 8 heteroatoms. The monoisotopic (exact) mass is 336 g/mol. The van der Waals surface area contributed by atoms with Gasteiger partial charge >= 0.3 is 0 Å². The van der Waals surface area contributed by atoms with Crippen LogP contribution in [0.4, 0.5) is 4.39 Å². The molecule has 0 bridgehead atoms. The minimum atomic E-state index is -3.99. The predicted octanol–water partition coefficient (Wildman–Crippen LogP) is 3.10. The van der Waals surface area contributed by atoms with Gasteiger partial charge in [0.05, 0.1) is 22.0 Å². The Morgan fingerprint density at radius 2 is 2.05 bits per heavy atom. The summed E-state index contributed by atoms with van der Waals surface area (Å²) in [5, 5.41) is 8.16. The molecule has 2 atom stereocenters. The maximum Gasteiger partial charge on any atom is 0.242 e. The maximum absolute atomic E-state index is 13.6. The van der Waals surface area contributed by atoms with E-state index in [1.165, 1.54) is 0 Å². The van der Waals surface area contributed by atoms with Crippen molar-refractivity contribution in [2.24, 2.45) is 5.92 Å². The second-order valence-corrected chi connectivity index (χ2v) is 7.04. The minimum Gasteiger partial charge on any atom is -0.207 e. The average molecular weight is 337 g/mol. The Labute approximate surface area is 126 Å². The van der Waals surface area contributed by atoms with Crippen molar-refractivity contribution in [1.82, 2.24) is 4.72 Å². The lowest BCUT2D eigenvalue weighted by atomic mass is 10.1. The Hall–Kier alpha value is -0.870. The molecule has 0 heterocycles. The van der Waals surface area contributed by atoms with E-state index in [-0.39, 0.29) is 15.8 Å². The van der Waals surface area contributed by atoms with Crippen molar-refractivity contribution in [2.75, 3.05) is 0 Å². The molecule has 1 aliphatic carbocycles. The Balaban J connectivity index is 2.32. The fourth-order valence-electron chi connectivity index (χ4n) is 2.23. The van der Waals surface area contributed by atoms with Crippen molar-refractivity contribution in [3.8, 4) is 6.07 Å². The third-order valence-electron chi connectivity index (χ3n) is 3.28. The quantitative estimate of drug-likeness (QED) is 0.862. The molecule has 0 aliphatic heterocycles. The molecule has 108 valence electrons. The topological polar surface area (TPSA) is 70.0 Å². The van der Waals surface area contributed by atoms with Crippen LogP contribution in [0.15, 0.2) is 17.0 Å². The van der Waals surface area contributed by atoms with Gasteiger partial charge in [0.25, 0.3) is 0 Å². The molecule has 0 saturated heterocycles. The van der Waals surface area contributed by atoms with E-state index < -0.39 is 26.9 Å². The highest BCUT2D eigenvalue weighted by atomic mass is 35.5. The van der Waals surface area contributed by atoms with Gasteiger partial charge in [-0.25, -0.2) is 17.5 Å². The van der Waals surface area contributed by atoms with Gasteiger partial charge < -0.3 is 0 Å². The van der Waals surface area contributed by atoms with Gasteiger partial charge in [0.1, 0.15) is 4.90 Å². The molecule has 0 spiro atoms. The van der Waals surface area contributed by atoms with Gasteiger partial charge in [-0.3, -0.25) is 0 Å². The van der Waals surface area contributed by atoms with Gasteiger partial charge in [-0.15, -0.1) is 0 Å². The Morgan fingerprint density at radius 3 is 2.70 bits per heavy atom. The zero-order valence-corrected chi connectivity index (χ0v) is 12.6. The second-order valence-electron chi connectivity index (χ2n) is 4.57. The fraction of sp³-hybridized carbons (Fsp3) is 0.417. The summed E-state index contributed by atoms with van der Waals surface area (Å²) in [7, 11) is -3.99. The van der Waals surface area contributed by atoms with Crippen LogP contribution in [-0.2, 0) is 10.0 Å². The van der Waals surface area contributed by atoms with Crippen LogP contribution in [0.25, 0.3) is 0 Å². The summed E-state index contributed by atoms with van der Waals surface area (Å²) in [5.41, 5.74) is 0. The van der Waals surface area contributed by atoms with Crippen LogP contribution >= 0.6 is 23.2 Å². The molecule has 1 aromatic carbocycles. The fourth-order valence-corrected chi connectivity index (χ4v) is 4.29. The largest absolute Gasteiger partial charge is 0.242 e. The lowest BCUT2D eigenvalue weighted by Gasteiger charge is -2.16. The average Bonchev–Trinajstić information content (AvgIpc) is 2.82. The molecule has 1 aromatic rings. The van der Waals surface area contributed by atoms with Crippen molar-refractivity contribution >= 4 is 33.2 Å². The first-order chi connectivity index (χ1) is 9.36. The smallest absolute Gasteiger partial charge is 0.207 e. The van der Waals surface area contributed by atoms with Gasteiger partial charge in [-0.1, -0.05) is 29.6 Å².